The Morgan fingerprint density at radius 1 is 0.911 bits per heavy atom. The van der Waals surface area contributed by atoms with E-state index >= 15 is 0 Å². The van der Waals surface area contributed by atoms with E-state index in [1.54, 1.807) is 19.2 Å². The first-order valence-electron chi connectivity index (χ1n) is 15.6. The Morgan fingerprint density at radius 2 is 1.53 bits per heavy atom. The number of allylic oxidation sites excluding steroid dienone is 4. The number of benzene rings is 2. The first-order valence-corrected chi connectivity index (χ1v) is 17.4. The highest BCUT2D eigenvalue weighted by molar-refractivity contribution is 14.1. The molecule has 2 aromatic carbocycles. The molecule has 0 aromatic heterocycles. The van der Waals surface area contributed by atoms with Crippen molar-refractivity contribution < 1.29 is 23.8 Å². The van der Waals surface area contributed by atoms with E-state index in [1.807, 2.05) is 25.1 Å². The topological polar surface area (TPSA) is 65.1 Å². The zero-order valence-electron chi connectivity index (χ0n) is 27.0. The minimum atomic E-state index is -0.464. The number of hydrogen-bond donors (Lipinski definition) is 0. The van der Waals surface area contributed by atoms with E-state index in [1.165, 1.54) is 0 Å². The summed E-state index contributed by atoms with van der Waals surface area (Å²) in [6.07, 6.45) is 3.21. The molecule has 0 fully saturated rings. The number of methoxy groups -OCH3 is 1. The summed E-state index contributed by atoms with van der Waals surface area (Å²) >= 11 is 14.8. The number of ketones is 2. The molecule has 2 aromatic rings. The minimum Gasteiger partial charge on any atom is -0.490 e. The molecule has 0 saturated heterocycles. The first kappa shape index (κ1) is 34.3. The van der Waals surface area contributed by atoms with Crippen molar-refractivity contribution in [1.82, 2.24) is 4.90 Å². The van der Waals surface area contributed by atoms with Crippen LogP contribution in [0.2, 0.25) is 10.0 Å². The van der Waals surface area contributed by atoms with Gasteiger partial charge in [0.2, 0.25) is 0 Å². The van der Waals surface area contributed by atoms with Crippen molar-refractivity contribution in [2.45, 2.75) is 79.2 Å². The lowest BCUT2D eigenvalue weighted by Gasteiger charge is -2.49. The fraction of sp³-hybridized carbons (Fsp3) is 0.500. The van der Waals surface area contributed by atoms with E-state index in [2.05, 4.69) is 55.2 Å². The second-order valence-corrected chi connectivity index (χ2v) is 15.8. The molecule has 0 saturated carbocycles. The van der Waals surface area contributed by atoms with Crippen LogP contribution < -0.4 is 9.47 Å². The highest BCUT2D eigenvalue weighted by Gasteiger charge is 2.49. The number of carbonyl (C=O) groups is 2. The third kappa shape index (κ3) is 7.26. The molecule has 9 heteroatoms. The predicted octanol–water partition coefficient (Wildman–Crippen LogP) is 9.30. The summed E-state index contributed by atoms with van der Waals surface area (Å²) in [5, 5.41) is 1.09. The molecule has 0 unspecified atom stereocenters. The summed E-state index contributed by atoms with van der Waals surface area (Å²) in [5.74, 6) is 0.923. The Bertz CT molecular complexity index is 1520. The molecule has 1 heterocycles. The summed E-state index contributed by atoms with van der Waals surface area (Å²) in [7, 11) is 1.71. The van der Waals surface area contributed by atoms with E-state index in [-0.39, 0.29) is 29.0 Å². The molecule has 5 rings (SSSR count). The van der Waals surface area contributed by atoms with Crippen molar-refractivity contribution in [2.75, 3.05) is 26.9 Å². The molecule has 242 valence electrons. The van der Waals surface area contributed by atoms with Gasteiger partial charge in [0.15, 0.2) is 23.1 Å². The highest BCUT2D eigenvalue weighted by atomic mass is 127. The molecule has 1 aliphatic heterocycles. The predicted molar refractivity (Wildman–Crippen MR) is 187 cm³/mol. The van der Waals surface area contributed by atoms with Crippen molar-refractivity contribution in [2.24, 2.45) is 10.8 Å². The van der Waals surface area contributed by atoms with E-state index in [4.69, 9.17) is 37.4 Å². The summed E-state index contributed by atoms with van der Waals surface area (Å²) < 4.78 is 18.7. The number of carbonyl (C=O) groups excluding carboxylic acids is 2. The van der Waals surface area contributed by atoms with Gasteiger partial charge in [-0.05, 0) is 89.4 Å². The maximum atomic E-state index is 14.2. The van der Waals surface area contributed by atoms with Crippen molar-refractivity contribution in [3.05, 3.63) is 77.6 Å². The molecule has 0 atom stereocenters. The van der Waals surface area contributed by atoms with Crippen LogP contribution in [0.3, 0.4) is 0 Å². The maximum Gasteiger partial charge on any atom is 0.174 e. The quantitative estimate of drug-likeness (QED) is 0.178. The molecular weight excluding hydrogens is 724 g/mol. The van der Waals surface area contributed by atoms with Crippen molar-refractivity contribution >= 4 is 57.4 Å². The fourth-order valence-corrected chi connectivity index (χ4v) is 8.21. The van der Waals surface area contributed by atoms with Gasteiger partial charge < -0.3 is 19.1 Å². The van der Waals surface area contributed by atoms with Crippen LogP contribution >= 0.6 is 45.8 Å². The van der Waals surface area contributed by atoms with Gasteiger partial charge in [-0.15, -0.1) is 0 Å². The second kappa shape index (κ2) is 13.6. The molecular formula is C36H42Cl2INO5. The lowest BCUT2D eigenvalue weighted by Crippen LogP contribution is -2.44. The summed E-state index contributed by atoms with van der Waals surface area (Å²) in [5.41, 5.74) is 4.91. The first-order chi connectivity index (χ1) is 21.2. The molecule has 2 aliphatic carbocycles. The van der Waals surface area contributed by atoms with E-state index in [9.17, 15) is 9.59 Å². The standard InChI is InChI=1S/C36H42Cl2INO5/c1-7-44-30-14-22(13-25(39)34(30)45-20-21-9-10-23(37)15-24(21)38)31-32-26(16-35(2,3)18-28(32)41)40(11-8-12-43-6)27-17-36(4,5)19-29(42)33(27)31/h9-10,13-15,31H,7-8,11-12,16-20H2,1-6H3. The SMILES string of the molecule is CCOc1cc(C2C3=C(CC(C)(C)CC3=O)N(CCCOC)C3=C2C(=O)CC(C)(C)C3)cc(I)c1OCc1ccc(Cl)cc1Cl. The Kier molecular flexibility index (Phi) is 10.3. The Hall–Kier alpha value is -2.07. The Balaban J connectivity index is 1.65. The number of halogens is 3. The third-order valence-electron chi connectivity index (χ3n) is 8.80. The monoisotopic (exact) mass is 765 g/mol. The van der Waals surface area contributed by atoms with Crippen LogP contribution in [0.25, 0.3) is 0 Å². The maximum absolute atomic E-state index is 14.2. The summed E-state index contributed by atoms with van der Waals surface area (Å²) in [6, 6.07) is 9.34. The van der Waals surface area contributed by atoms with Gasteiger partial charge in [0.05, 0.1) is 10.2 Å². The van der Waals surface area contributed by atoms with Gasteiger partial charge in [-0.3, -0.25) is 9.59 Å². The molecule has 0 amide bonds. The minimum absolute atomic E-state index is 0.109. The zero-order valence-corrected chi connectivity index (χ0v) is 30.6. The van der Waals surface area contributed by atoms with Gasteiger partial charge in [0.25, 0.3) is 0 Å². The van der Waals surface area contributed by atoms with E-state index in [0.29, 0.717) is 54.1 Å². The van der Waals surface area contributed by atoms with Crippen molar-refractivity contribution in [3.63, 3.8) is 0 Å². The molecule has 0 bridgehead atoms. The highest BCUT2D eigenvalue weighted by Crippen LogP contribution is 2.55. The number of rotatable bonds is 10. The Morgan fingerprint density at radius 3 is 2.09 bits per heavy atom. The van der Waals surface area contributed by atoms with Crippen LogP contribution in [0.15, 0.2) is 52.9 Å². The normalized spacial score (nSPS) is 19.5. The molecule has 45 heavy (non-hydrogen) atoms. The van der Waals surface area contributed by atoms with Crippen molar-refractivity contribution in [1.29, 1.82) is 0 Å². The zero-order chi connectivity index (χ0) is 32.7. The second-order valence-electron chi connectivity index (χ2n) is 13.8. The van der Waals surface area contributed by atoms with Crippen LogP contribution in [-0.4, -0.2) is 43.3 Å². The van der Waals surface area contributed by atoms with Gasteiger partial charge in [-0.2, -0.15) is 0 Å². The van der Waals surface area contributed by atoms with Crippen LogP contribution in [0.4, 0.5) is 0 Å². The van der Waals surface area contributed by atoms with Crippen LogP contribution in [0.1, 0.15) is 83.8 Å². The van der Waals surface area contributed by atoms with Gasteiger partial charge in [0.1, 0.15) is 6.61 Å². The van der Waals surface area contributed by atoms with Gasteiger partial charge in [-0.1, -0.05) is 57.0 Å². The molecule has 0 N–H and O–H groups in total. The molecule has 0 spiro atoms. The average Bonchev–Trinajstić information content (AvgIpc) is 2.92. The molecule has 3 aliphatic rings. The van der Waals surface area contributed by atoms with Gasteiger partial charge in [0, 0.05) is 77.2 Å². The smallest absolute Gasteiger partial charge is 0.174 e. The number of nitrogens with zero attached hydrogens (tertiary/aromatic N) is 1. The van der Waals surface area contributed by atoms with Crippen molar-refractivity contribution in [3.8, 4) is 11.5 Å². The summed E-state index contributed by atoms with van der Waals surface area (Å²) in [4.78, 5) is 30.6. The third-order valence-corrected chi connectivity index (χ3v) is 10.2. The van der Waals surface area contributed by atoms with Crippen LogP contribution in [0.5, 0.6) is 11.5 Å². The molecule has 6 nitrogen and oxygen atoms in total. The largest absolute Gasteiger partial charge is 0.490 e. The lowest BCUT2D eigenvalue weighted by atomic mass is 9.63. The Labute approximate surface area is 290 Å². The number of ether oxygens (including phenoxy) is 3. The number of hydrogen-bond acceptors (Lipinski definition) is 6. The van der Waals surface area contributed by atoms with Gasteiger partial charge in [-0.25, -0.2) is 0 Å². The van der Waals surface area contributed by atoms with E-state index in [0.717, 1.165) is 56.5 Å². The van der Waals surface area contributed by atoms with E-state index < -0.39 is 5.92 Å². The summed E-state index contributed by atoms with van der Waals surface area (Å²) in [6.45, 7) is 12.5. The van der Waals surface area contributed by atoms with Gasteiger partial charge >= 0.3 is 0 Å². The fourth-order valence-electron chi connectivity index (χ4n) is 6.96. The number of Topliss-reactive ketones (excluding diaryl/α,β-unsaturated/α-hetero) is 2. The van der Waals surface area contributed by atoms with Crippen LogP contribution in [-0.2, 0) is 20.9 Å². The molecule has 0 radical (unpaired) electrons. The van der Waals surface area contributed by atoms with Crippen LogP contribution in [0, 0.1) is 14.4 Å². The lowest BCUT2D eigenvalue weighted by molar-refractivity contribution is -0.119. The average molecular weight is 767 g/mol.